The van der Waals surface area contributed by atoms with Gasteiger partial charge in [0.25, 0.3) is 0 Å². The first-order valence-electron chi connectivity index (χ1n) is 7.79. The van der Waals surface area contributed by atoms with E-state index in [1.165, 1.54) is 0 Å². The molecule has 0 aromatic rings. The lowest BCUT2D eigenvalue weighted by Gasteiger charge is -2.56. The number of nitrogens with zero attached hydrogens (tertiary/aromatic N) is 1. The summed E-state index contributed by atoms with van der Waals surface area (Å²) in [5, 5.41) is 9.37. The van der Waals surface area contributed by atoms with E-state index < -0.39 is 10.8 Å². The van der Waals surface area contributed by atoms with Crippen LogP contribution in [0.4, 0.5) is 0 Å². The van der Waals surface area contributed by atoms with Gasteiger partial charge in [0, 0.05) is 16.2 Å². The zero-order valence-corrected chi connectivity index (χ0v) is 13.6. The molecule has 22 heavy (non-hydrogen) atoms. The van der Waals surface area contributed by atoms with Crippen LogP contribution in [0.5, 0.6) is 0 Å². The molecule has 0 heterocycles. The van der Waals surface area contributed by atoms with Gasteiger partial charge in [0.05, 0.1) is 5.57 Å². The SMILES string of the molecule is CC1(C)C(=O)C(C#N)=C[C@@]2(C)C3=CC(=O)C=C[C@@]3(C)CC[C@H]12. The molecule has 1 saturated carbocycles. The fourth-order valence-corrected chi connectivity index (χ4v) is 4.87. The van der Waals surface area contributed by atoms with Gasteiger partial charge in [-0.25, -0.2) is 0 Å². The molecule has 0 amide bonds. The number of carbonyl (C=O) groups is 2. The van der Waals surface area contributed by atoms with Gasteiger partial charge in [-0.2, -0.15) is 5.26 Å². The van der Waals surface area contributed by atoms with Crippen molar-refractivity contribution in [3.63, 3.8) is 0 Å². The fraction of sp³-hybridized carbons (Fsp3) is 0.526. The molecule has 0 aliphatic heterocycles. The molecule has 3 aliphatic carbocycles. The van der Waals surface area contributed by atoms with Gasteiger partial charge in [-0.1, -0.05) is 39.8 Å². The Morgan fingerprint density at radius 3 is 2.55 bits per heavy atom. The van der Waals surface area contributed by atoms with E-state index in [1.807, 2.05) is 26.0 Å². The summed E-state index contributed by atoms with van der Waals surface area (Å²) in [6.45, 7) is 8.10. The summed E-state index contributed by atoms with van der Waals surface area (Å²) in [4.78, 5) is 24.5. The molecule has 0 N–H and O–H groups in total. The van der Waals surface area contributed by atoms with Crippen molar-refractivity contribution in [2.75, 3.05) is 0 Å². The van der Waals surface area contributed by atoms with Crippen LogP contribution in [0.15, 0.2) is 35.5 Å². The molecule has 114 valence electrons. The molecule has 1 fully saturated rings. The van der Waals surface area contributed by atoms with Gasteiger partial charge < -0.3 is 0 Å². The summed E-state index contributed by atoms with van der Waals surface area (Å²) in [5.41, 5.74) is 0.122. The smallest absolute Gasteiger partial charge is 0.178 e. The van der Waals surface area contributed by atoms with Crippen molar-refractivity contribution in [2.45, 2.75) is 40.5 Å². The van der Waals surface area contributed by atoms with Gasteiger partial charge in [0.15, 0.2) is 11.6 Å². The van der Waals surface area contributed by atoms with Gasteiger partial charge in [0.1, 0.15) is 6.07 Å². The van der Waals surface area contributed by atoms with Crippen LogP contribution < -0.4 is 0 Å². The van der Waals surface area contributed by atoms with Gasteiger partial charge >= 0.3 is 0 Å². The number of ketones is 2. The molecule has 0 spiro atoms. The van der Waals surface area contributed by atoms with E-state index in [0.717, 1.165) is 18.4 Å². The Balaban J connectivity index is 2.26. The Hall–Kier alpha value is -1.95. The molecule has 0 aromatic heterocycles. The Bertz CT molecular complexity index is 716. The van der Waals surface area contributed by atoms with Crippen molar-refractivity contribution >= 4 is 11.6 Å². The maximum Gasteiger partial charge on any atom is 0.178 e. The molecule has 3 heteroatoms. The van der Waals surface area contributed by atoms with E-state index in [4.69, 9.17) is 0 Å². The lowest BCUT2D eigenvalue weighted by Crippen LogP contribution is -2.52. The molecule has 3 atom stereocenters. The summed E-state index contributed by atoms with van der Waals surface area (Å²) in [6.07, 6.45) is 9.02. The van der Waals surface area contributed by atoms with Gasteiger partial charge in [-0.15, -0.1) is 0 Å². The Kier molecular flexibility index (Phi) is 2.92. The van der Waals surface area contributed by atoms with Crippen LogP contribution in [0.25, 0.3) is 0 Å². The lowest BCUT2D eigenvalue weighted by molar-refractivity contribution is -0.130. The summed E-state index contributed by atoms with van der Waals surface area (Å²) in [7, 11) is 0. The summed E-state index contributed by atoms with van der Waals surface area (Å²) in [5.74, 6) is 0.0403. The third kappa shape index (κ3) is 1.73. The van der Waals surface area contributed by atoms with Crippen LogP contribution in [0, 0.1) is 33.5 Å². The zero-order valence-electron chi connectivity index (χ0n) is 13.6. The number of hydrogen-bond acceptors (Lipinski definition) is 3. The summed E-state index contributed by atoms with van der Waals surface area (Å²) in [6, 6.07) is 2.07. The number of hydrogen-bond donors (Lipinski definition) is 0. The molecule has 0 unspecified atom stereocenters. The van der Waals surface area contributed by atoms with Crippen LogP contribution >= 0.6 is 0 Å². The van der Waals surface area contributed by atoms with Crippen LogP contribution in [0.2, 0.25) is 0 Å². The number of Topliss-reactive ketones (excluding diaryl/α,β-unsaturated/α-hetero) is 1. The van der Waals surface area contributed by atoms with E-state index in [1.54, 1.807) is 12.2 Å². The average molecular weight is 295 g/mol. The van der Waals surface area contributed by atoms with E-state index in [0.29, 0.717) is 0 Å². The zero-order chi connectivity index (χ0) is 16.3. The van der Waals surface area contributed by atoms with Crippen molar-refractivity contribution in [3.05, 3.63) is 35.5 Å². The monoisotopic (exact) mass is 295 g/mol. The van der Waals surface area contributed by atoms with E-state index in [2.05, 4.69) is 19.9 Å². The maximum absolute atomic E-state index is 12.6. The minimum atomic E-state index is -0.582. The largest absolute Gasteiger partial charge is 0.293 e. The van der Waals surface area contributed by atoms with Crippen LogP contribution in [0.3, 0.4) is 0 Å². The van der Waals surface area contributed by atoms with Crippen molar-refractivity contribution in [3.8, 4) is 6.07 Å². The average Bonchev–Trinajstić information content (AvgIpc) is 2.45. The highest BCUT2D eigenvalue weighted by Crippen LogP contribution is 2.62. The van der Waals surface area contributed by atoms with Gasteiger partial charge in [-0.05, 0) is 36.5 Å². The molecule has 0 saturated heterocycles. The molecule has 3 aliphatic rings. The second-order valence-corrected chi connectivity index (χ2v) is 7.81. The normalized spacial score (nSPS) is 39.3. The first-order chi connectivity index (χ1) is 10.1. The predicted octanol–water partition coefficient (Wildman–Crippen LogP) is 3.53. The number of rotatable bonds is 0. The second kappa shape index (κ2) is 4.29. The predicted molar refractivity (Wildman–Crippen MR) is 83.7 cm³/mol. The van der Waals surface area contributed by atoms with Crippen LogP contribution in [-0.4, -0.2) is 11.6 Å². The van der Waals surface area contributed by atoms with Crippen molar-refractivity contribution < 1.29 is 9.59 Å². The Morgan fingerprint density at radius 1 is 1.23 bits per heavy atom. The minimum Gasteiger partial charge on any atom is -0.293 e. The molecule has 3 rings (SSSR count). The van der Waals surface area contributed by atoms with Crippen molar-refractivity contribution in [2.24, 2.45) is 22.2 Å². The Morgan fingerprint density at radius 2 is 1.91 bits per heavy atom. The highest BCUT2D eigenvalue weighted by Gasteiger charge is 2.58. The number of carbonyl (C=O) groups excluding carboxylic acids is 2. The molecule has 0 radical (unpaired) electrons. The summed E-state index contributed by atoms with van der Waals surface area (Å²) >= 11 is 0. The fourth-order valence-electron chi connectivity index (χ4n) is 4.87. The topological polar surface area (TPSA) is 57.9 Å². The quantitative estimate of drug-likeness (QED) is 0.687. The maximum atomic E-state index is 12.6. The van der Waals surface area contributed by atoms with E-state index in [-0.39, 0.29) is 28.5 Å². The van der Waals surface area contributed by atoms with Crippen molar-refractivity contribution in [1.82, 2.24) is 0 Å². The number of nitriles is 1. The highest BCUT2D eigenvalue weighted by atomic mass is 16.1. The third-order valence-electron chi connectivity index (χ3n) is 6.04. The van der Waals surface area contributed by atoms with E-state index in [9.17, 15) is 14.9 Å². The Labute approximate surface area is 131 Å². The van der Waals surface area contributed by atoms with Gasteiger partial charge in [-0.3, -0.25) is 9.59 Å². The molecule has 0 aromatic carbocycles. The molecule has 3 nitrogen and oxygen atoms in total. The first kappa shape index (κ1) is 15.0. The molecular weight excluding hydrogens is 274 g/mol. The number of allylic oxidation sites excluding steroid dienone is 6. The first-order valence-corrected chi connectivity index (χ1v) is 7.79. The third-order valence-corrected chi connectivity index (χ3v) is 6.04. The number of fused-ring (bicyclic) bond motifs is 3. The highest BCUT2D eigenvalue weighted by molar-refractivity contribution is 6.05. The molecule has 0 bridgehead atoms. The standard InChI is InChI=1S/C19H21NO2/c1-17(2)14-6-8-18(3)7-5-13(21)9-15(18)19(14,4)10-12(11-20)16(17)22/h5,7,9-10,14H,6,8H2,1-4H3/t14-,18+,19-/m1/s1. The van der Waals surface area contributed by atoms with Gasteiger partial charge in [0.2, 0.25) is 0 Å². The minimum absolute atomic E-state index is 0.00374. The van der Waals surface area contributed by atoms with Crippen molar-refractivity contribution in [1.29, 1.82) is 5.26 Å². The van der Waals surface area contributed by atoms with Crippen LogP contribution in [0.1, 0.15) is 40.5 Å². The van der Waals surface area contributed by atoms with Crippen LogP contribution in [-0.2, 0) is 9.59 Å². The summed E-state index contributed by atoms with van der Waals surface area (Å²) < 4.78 is 0. The molecular formula is C19H21NO2. The van der Waals surface area contributed by atoms with E-state index >= 15 is 0 Å². The lowest BCUT2D eigenvalue weighted by atomic mass is 9.46. The second-order valence-electron chi connectivity index (χ2n) is 7.81.